The molecule has 1 aromatic carbocycles. The number of alkyl halides is 1. The maximum atomic E-state index is 12.8. The molecular weight excluding hydrogens is 342 g/mol. The Morgan fingerprint density at radius 2 is 2.05 bits per heavy atom. The lowest BCUT2D eigenvalue weighted by atomic mass is 10.1. The third kappa shape index (κ3) is 3.24. The Bertz CT molecular complexity index is 586. The summed E-state index contributed by atoms with van der Waals surface area (Å²) < 4.78 is 33.0. The lowest BCUT2D eigenvalue weighted by Crippen LogP contribution is -2.55. The summed E-state index contributed by atoms with van der Waals surface area (Å²) >= 11 is 3.38. The van der Waals surface area contributed by atoms with Crippen molar-refractivity contribution in [3.05, 3.63) is 29.8 Å². The molecule has 0 aromatic heterocycles. The van der Waals surface area contributed by atoms with Crippen molar-refractivity contribution < 1.29 is 13.2 Å². The first-order valence-corrected chi connectivity index (χ1v) is 9.12. The number of ether oxygens (including phenoxy) is 1. The zero-order valence-electron chi connectivity index (χ0n) is 12.0. The van der Waals surface area contributed by atoms with E-state index in [0.717, 1.165) is 5.56 Å². The van der Waals surface area contributed by atoms with Crippen LogP contribution in [0.4, 0.5) is 0 Å². The van der Waals surface area contributed by atoms with Gasteiger partial charge in [-0.3, -0.25) is 0 Å². The van der Waals surface area contributed by atoms with Crippen molar-refractivity contribution in [2.75, 3.05) is 18.4 Å². The van der Waals surface area contributed by atoms with Gasteiger partial charge in [0.2, 0.25) is 10.0 Å². The predicted molar refractivity (Wildman–Crippen MR) is 82.7 cm³/mol. The number of rotatable bonds is 3. The van der Waals surface area contributed by atoms with Crippen LogP contribution < -0.4 is 0 Å². The number of hydrogen-bond donors (Lipinski definition) is 0. The zero-order valence-corrected chi connectivity index (χ0v) is 14.4. The molecule has 4 nitrogen and oxygen atoms in total. The highest BCUT2D eigenvalue weighted by Gasteiger charge is 2.39. The van der Waals surface area contributed by atoms with Gasteiger partial charge in [0.25, 0.3) is 0 Å². The summed E-state index contributed by atoms with van der Waals surface area (Å²) in [4.78, 5) is 0.381. The van der Waals surface area contributed by atoms with Gasteiger partial charge < -0.3 is 4.74 Å². The third-order valence-corrected chi connectivity index (χ3v) is 6.03. The molecule has 1 fully saturated rings. The fourth-order valence-electron chi connectivity index (χ4n) is 2.49. The van der Waals surface area contributed by atoms with Gasteiger partial charge in [0.1, 0.15) is 0 Å². The molecule has 0 aliphatic carbocycles. The Morgan fingerprint density at radius 3 is 2.65 bits per heavy atom. The lowest BCUT2D eigenvalue weighted by Gasteiger charge is -2.41. The summed E-state index contributed by atoms with van der Waals surface area (Å²) in [6.07, 6.45) is -0.127. The second-order valence-corrected chi connectivity index (χ2v) is 8.27. The SMILES string of the molecule is Cc1ccccc1S(=O)(=O)N1CC(CBr)OC(C)(C)C1. The minimum Gasteiger partial charge on any atom is -0.369 e. The number of aryl methyl sites for hydroxylation is 1. The first kappa shape index (κ1) is 15.9. The summed E-state index contributed by atoms with van der Waals surface area (Å²) in [5.74, 6) is 0. The number of morpholine rings is 1. The van der Waals surface area contributed by atoms with Crippen molar-refractivity contribution in [3.8, 4) is 0 Å². The summed E-state index contributed by atoms with van der Waals surface area (Å²) in [7, 11) is -3.47. The molecule has 0 spiro atoms. The first-order chi connectivity index (χ1) is 9.26. The molecule has 1 atom stereocenters. The highest BCUT2D eigenvalue weighted by molar-refractivity contribution is 9.09. The minimum atomic E-state index is -3.47. The van der Waals surface area contributed by atoms with E-state index < -0.39 is 15.6 Å². The topological polar surface area (TPSA) is 46.6 Å². The lowest BCUT2D eigenvalue weighted by molar-refractivity contribution is -0.106. The van der Waals surface area contributed by atoms with Crippen molar-refractivity contribution in [1.29, 1.82) is 0 Å². The van der Waals surface area contributed by atoms with E-state index in [1.165, 1.54) is 4.31 Å². The van der Waals surface area contributed by atoms with Gasteiger partial charge in [0, 0.05) is 18.4 Å². The average Bonchev–Trinajstić information content (AvgIpc) is 2.37. The zero-order chi connectivity index (χ0) is 15.0. The average molecular weight is 362 g/mol. The van der Waals surface area contributed by atoms with Gasteiger partial charge in [0.15, 0.2) is 0 Å². The van der Waals surface area contributed by atoms with E-state index in [1.807, 2.05) is 32.9 Å². The van der Waals surface area contributed by atoms with E-state index in [0.29, 0.717) is 23.3 Å². The third-order valence-electron chi connectivity index (χ3n) is 3.33. The Balaban J connectivity index is 2.36. The van der Waals surface area contributed by atoms with Crippen LogP contribution in [0.5, 0.6) is 0 Å². The predicted octanol–water partition coefficient (Wildman–Crippen LogP) is 2.56. The Morgan fingerprint density at radius 1 is 1.40 bits per heavy atom. The van der Waals surface area contributed by atoms with Crippen molar-refractivity contribution in [2.24, 2.45) is 0 Å². The fraction of sp³-hybridized carbons (Fsp3) is 0.571. The number of nitrogens with zero attached hydrogens (tertiary/aromatic N) is 1. The number of hydrogen-bond acceptors (Lipinski definition) is 3. The summed E-state index contributed by atoms with van der Waals surface area (Å²) in [6.45, 7) is 6.41. The maximum absolute atomic E-state index is 12.8. The van der Waals surface area contributed by atoms with Crippen LogP contribution in [-0.2, 0) is 14.8 Å². The molecule has 112 valence electrons. The first-order valence-electron chi connectivity index (χ1n) is 6.56. The van der Waals surface area contributed by atoms with Crippen LogP contribution in [0.1, 0.15) is 19.4 Å². The largest absolute Gasteiger partial charge is 0.369 e. The second kappa shape index (κ2) is 5.75. The molecule has 0 amide bonds. The molecular formula is C14H20BrNO3S. The molecule has 0 bridgehead atoms. The van der Waals surface area contributed by atoms with Crippen molar-refractivity contribution in [3.63, 3.8) is 0 Å². The molecule has 2 rings (SSSR count). The molecule has 6 heteroatoms. The van der Waals surface area contributed by atoms with Gasteiger partial charge in [-0.15, -0.1) is 0 Å². The van der Waals surface area contributed by atoms with Gasteiger partial charge in [-0.1, -0.05) is 34.1 Å². The van der Waals surface area contributed by atoms with Crippen molar-refractivity contribution in [1.82, 2.24) is 4.31 Å². The van der Waals surface area contributed by atoms with E-state index in [9.17, 15) is 8.42 Å². The molecule has 1 heterocycles. The second-order valence-electron chi connectivity index (χ2n) is 5.72. The molecule has 1 aliphatic heterocycles. The minimum absolute atomic E-state index is 0.127. The smallest absolute Gasteiger partial charge is 0.243 e. The van der Waals surface area contributed by atoms with Crippen molar-refractivity contribution >= 4 is 26.0 Å². The van der Waals surface area contributed by atoms with Crippen LogP contribution >= 0.6 is 15.9 Å². The molecule has 0 N–H and O–H groups in total. The van der Waals surface area contributed by atoms with Crippen LogP contribution in [0.2, 0.25) is 0 Å². The van der Waals surface area contributed by atoms with Gasteiger partial charge in [-0.05, 0) is 32.4 Å². The molecule has 20 heavy (non-hydrogen) atoms. The fourth-order valence-corrected chi connectivity index (χ4v) is 4.67. The van der Waals surface area contributed by atoms with Crippen LogP contribution in [0.15, 0.2) is 29.2 Å². The van der Waals surface area contributed by atoms with Gasteiger partial charge in [-0.2, -0.15) is 4.31 Å². The maximum Gasteiger partial charge on any atom is 0.243 e. The quantitative estimate of drug-likeness (QED) is 0.777. The molecule has 1 aromatic rings. The molecule has 1 unspecified atom stereocenters. The number of sulfonamides is 1. The van der Waals surface area contributed by atoms with Crippen LogP contribution in [-0.4, -0.2) is 42.8 Å². The van der Waals surface area contributed by atoms with E-state index in [-0.39, 0.29) is 6.10 Å². The van der Waals surface area contributed by atoms with Gasteiger partial charge >= 0.3 is 0 Å². The Labute approximate surface area is 129 Å². The van der Waals surface area contributed by atoms with Crippen LogP contribution in [0, 0.1) is 6.92 Å². The van der Waals surface area contributed by atoms with E-state index in [2.05, 4.69) is 15.9 Å². The van der Waals surface area contributed by atoms with Crippen molar-refractivity contribution in [2.45, 2.75) is 37.4 Å². The molecule has 0 saturated carbocycles. The Kier molecular flexibility index (Phi) is 4.59. The van der Waals surface area contributed by atoms with E-state index in [4.69, 9.17) is 4.74 Å². The molecule has 1 saturated heterocycles. The molecule has 0 radical (unpaired) electrons. The van der Waals surface area contributed by atoms with Crippen LogP contribution in [0.3, 0.4) is 0 Å². The van der Waals surface area contributed by atoms with E-state index >= 15 is 0 Å². The van der Waals surface area contributed by atoms with Gasteiger partial charge in [0.05, 0.1) is 16.6 Å². The van der Waals surface area contributed by atoms with Crippen LogP contribution in [0.25, 0.3) is 0 Å². The number of benzene rings is 1. The summed E-state index contributed by atoms with van der Waals surface area (Å²) in [6, 6.07) is 7.09. The molecule has 1 aliphatic rings. The summed E-state index contributed by atoms with van der Waals surface area (Å²) in [5, 5.41) is 0.621. The summed E-state index contributed by atoms with van der Waals surface area (Å²) in [5.41, 5.74) is 0.291. The monoisotopic (exact) mass is 361 g/mol. The number of halogens is 1. The highest BCUT2D eigenvalue weighted by atomic mass is 79.9. The Hall–Kier alpha value is -0.430. The standard InChI is InChI=1S/C14H20BrNO3S/c1-11-6-4-5-7-13(11)20(17,18)16-9-12(8-15)19-14(2,3)10-16/h4-7,12H,8-10H2,1-3H3. The van der Waals surface area contributed by atoms with E-state index in [1.54, 1.807) is 12.1 Å². The normalized spacial score (nSPS) is 23.7. The highest BCUT2D eigenvalue weighted by Crippen LogP contribution is 2.28. The van der Waals surface area contributed by atoms with Gasteiger partial charge in [-0.25, -0.2) is 8.42 Å².